The van der Waals surface area contributed by atoms with Gasteiger partial charge in [0, 0.05) is 25.6 Å². The summed E-state index contributed by atoms with van der Waals surface area (Å²) in [6.45, 7) is 7.07. The normalized spacial score (nSPS) is 18.2. The molecule has 1 aromatic rings. The molecule has 1 aliphatic rings. The summed E-state index contributed by atoms with van der Waals surface area (Å²) in [7, 11) is 0. The lowest BCUT2D eigenvalue weighted by atomic mass is 10.1. The van der Waals surface area contributed by atoms with Crippen LogP contribution in [0.1, 0.15) is 31.4 Å². The second-order valence-corrected chi connectivity index (χ2v) is 5.86. The lowest BCUT2D eigenvalue weighted by Gasteiger charge is -2.21. The first-order chi connectivity index (χ1) is 9.95. The molecule has 1 aliphatic heterocycles. The predicted molar refractivity (Wildman–Crippen MR) is 81.8 cm³/mol. The quantitative estimate of drug-likeness (QED) is 0.888. The van der Waals surface area contributed by atoms with Gasteiger partial charge in [-0.25, -0.2) is 4.79 Å². The van der Waals surface area contributed by atoms with Crippen molar-refractivity contribution in [2.45, 2.75) is 45.8 Å². The summed E-state index contributed by atoms with van der Waals surface area (Å²) >= 11 is 0. The number of hydrogen-bond acceptors (Lipinski definition) is 2. The van der Waals surface area contributed by atoms with Gasteiger partial charge in [0.15, 0.2) is 0 Å². The maximum Gasteiger partial charge on any atom is 0.315 e. The summed E-state index contributed by atoms with van der Waals surface area (Å²) in [5.41, 5.74) is 2.24. The van der Waals surface area contributed by atoms with Crippen LogP contribution in [0.2, 0.25) is 0 Å². The van der Waals surface area contributed by atoms with Gasteiger partial charge in [0.1, 0.15) is 0 Å². The van der Waals surface area contributed by atoms with Gasteiger partial charge in [0.05, 0.1) is 6.04 Å². The molecule has 5 heteroatoms. The summed E-state index contributed by atoms with van der Waals surface area (Å²) in [6.07, 6.45) is 0.385. The number of urea groups is 1. The number of nitrogens with one attached hydrogen (secondary N) is 2. The third-order valence-corrected chi connectivity index (χ3v) is 3.65. The molecular weight excluding hydrogens is 266 g/mol. The Kier molecular flexibility index (Phi) is 4.83. The molecule has 1 aromatic carbocycles. The maximum atomic E-state index is 11.9. The number of carbonyl (C=O) groups excluding carboxylic acids is 2. The summed E-state index contributed by atoms with van der Waals surface area (Å²) in [5.74, 6) is 0.106. The molecule has 0 aliphatic carbocycles. The molecule has 0 saturated carbocycles. The van der Waals surface area contributed by atoms with Gasteiger partial charge in [-0.05, 0) is 26.3 Å². The standard InChI is InChI=1S/C16H23N3O2/c1-11(2)19-10-14(8-15(19)20)18-16(21)17-9-13-6-4-5-12(3)7-13/h4-7,11,14H,8-10H2,1-3H3,(H2,17,18,21). The van der Waals surface area contributed by atoms with Gasteiger partial charge in [0.2, 0.25) is 5.91 Å². The fourth-order valence-corrected chi connectivity index (χ4v) is 2.57. The van der Waals surface area contributed by atoms with Crippen molar-refractivity contribution in [1.29, 1.82) is 0 Å². The Labute approximate surface area is 125 Å². The molecule has 2 N–H and O–H groups in total. The zero-order chi connectivity index (χ0) is 15.4. The molecule has 0 radical (unpaired) electrons. The lowest BCUT2D eigenvalue weighted by Crippen LogP contribution is -2.43. The van der Waals surface area contributed by atoms with Gasteiger partial charge in [-0.15, -0.1) is 0 Å². The third-order valence-electron chi connectivity index (χ3n) is 3.65. The van der Waals surface area contributed by atoms with Crippen molar-refractivity contribution < 1.29 is 9.59 Å². The Morgan fingerprint density at radius 3 is 2.81 bits per heavy atom. The minimum Gasteiger partial charge on any atom is -0.338 e. The van der Waals surface area contributed by atoms with E-state index in [0.717, 1.165) is 5.56 Å². The summed E-state index contributed by atoms with van der Waals surface area (Å²) in [6, 6.07) is 7.87. The minimum atomic E-state index is -0.222. The second-order valence-electron chi connectivity index (χ2n) is 5.86. The van der Waals surface area contributed by atoms with Crippen LogP contribution in [0.4, 0.5) is 4.79 Å². The van der Waals surface area contributed by atoms with Crippen LogP contribution in [0, 0.1) is 6.92 Å². The van der Waals surface area contributed by atoms with Gasteiger partial charge < -0.3 is 15.5 Å². The highest BCUT2D eigenvalue weighted by molar-refractivity contribution is 5.81. The van der Waals surface area contributed by atoms with Crippen molar-refractivity contribution in [3.05, 3.63) is 35.4 Å². The van der Waals surface area contributed by atoms with Gasteiger partial charge in [-0.1, -0.05) is 29.8 Å². The molecule has 1 saturated heterocycles. The predicted octanol–water partition coefficient (Wildman–Crippen LogP) is 1.80. The summed E-state index contributed by atoms with van der Waals surface area (Å²) in [5, 5.41) is 5.70. The molecule has 0 bridgehead atoms. The molecule has 1 heterocycles. The van der Waals surface area contributed by atoms with Crippen molar-refractivity contribution in [2.75, 3.05) is 6.54 Å². The molecular formula is C16H23N3O2. The van der Waals surface area contributed by atoms with Crippen LogP contribution in [-0.4, -0.2) is 35.5 Å². The van der Waals surface area contributed by atoms with Crippen molar-refractivity contribution in [3.8, 4) is 0 Å². The van der Waals surface area contributed by atoms with E-state index in [4.69, 9.17) is 0 Å². The van der Waals surface area contributed by atoms with Crippen molar-refractivity contribution in [1.82, 2.24) is 15.5 Å². The van der Waals surface area contributed by atoms with E-state index in [0.29, 0.717) is 19.5 Å². The fraction of sp³-hybridized carbons (Fsp3) is 0.500. The first kappa shape index (κ1) is 15.4. The zero-order valence-corrected chi connectivity index (χ0v) is 12.8. The number of amides is 3. The van der Waals surface area contributed by atoms with Gasteiger partial charge in [0.25, 0.3) is 0 Å². The maximum absolute atomic E-state index is 11.9. The SMILES string of the molecule is Cc1cccc(CNC(=O)NC2CC(=O)N(C(C)C)C2)c1. The van der Waals surface area contributed by atoms with Crippen molar-refractivity contribution >= 4 is 11.9 Å². The van der Waals surface area contributed by atoms with Gasteiger partial charge >= 0.3 is 6.03 Å². The topological polar surface area (TPSA) is 61.4 Å². The first-order valence-corrected chi connectivity index (χ1v) is 7.35. The average molecular weight is 289 g/mol. The van der Waals surface area contributed by atoms with Gasteiger partial charge in [-0.2, -0.15) is 0 Å². The van der Waals surface area contributed by atoms with E-state index in [9.17, 15) is 9.59 Å². The fourth-order valence-electron chi connectivity index (χ4n) is 2.57. The lowest BCUT2D eigenvalue weighted by molar-refractivity contribution is -0.129. The third kappa shape index (κ3) is 4.21. The van der Waals surface area contributed by atoms with Crippen LogP contribution in [0.5, 0.6) is 0 Å². The average Bonchev–Trinajstić information content (AvgIpc) is 2.77. The molecule has 3 amide bonds. The molecule has 1 fully saturated rings. The number of carbonyl (C=O) groups is 2. The van der Waals surface area contributed by atoms with Crippen LogP contribution >= 0.6 is 0 Å². The van der Waals surface area contributed by atoms with E-state index in [2.05, 4.69) is 10.6 Å². The number of hydrogen-bond donors (Lipinski definition) is 2. The molecule has 1 atom stereocenters. The Hall–Kier alpha value is -2.04. The molecule has 114 valence electrons. The number of rotatable bonds is 4. The Morgan fingerprint density at radius 2 is 2.19 bits per heavy atom. The molecule has 1 unspecified atom stereocenters. The van der Waals surface area contributed by atoms with E-state index in [1.165, 1.54) is 5.56 Å². The molecule has 0 spiro atoms. The van der Waals surface area contributed by atoms with Crippen LogP contribution < -0.4 is 10.6 Å². The van der Waals surface area contributed by atoms with Crippen LogP contribution in [-0.2, 0) is 11.3 Å². The van der Waals surface area contributed by atoms with Crippen molar-refractivity contribution in [3.63, 3.8) is 0 Å². The second kappa shape index (κ2) is 6.61. The molecule has 2 rings (SSSR count). The molecule has 5 nitrogen and oxygen atoms in total. The Morgan fingerprint density at radius 1 is 1.43 bits per heavy atom. The van der Waals surface area contributed by atoms with Crippen molar-refractivity contribution in [2.24, 2.45) is 0 Å². The highest BCUT2D eigenvalue weighted by Gasteiger charge is 2.31. The Balaban J connectivity index is 1.79. The van der Waals surface area contributed by atoms with E-state index in [1.807, 2.05) is 45.0 Å². The number of benzene rings is 1. The van der Waals surface area contributed by atoms with Gasteiger partial charge in [-0.3, -0.25) is 4.79 Å². The number of likely N-dealkylation sites (tertiary alicyclic amines) is 1. The van der Waals surface area contributed by atoms with Crippen LogP contribution in [0.15, 0.2) is 24.3 Å². The summed E-state index contributed by atoms with van der Waals surface area (Å²) in [4.78, 5) is 25.5. The van der Waals surface area contributed by atoms with E-state index in [-0.39, 0.29) is 24.0 Å². The first-order valence-electron chi connectivity index (χ1n) is 7.35. The van der Waals surface area contributed by atoms with E-state index >= 15 is 0 Å². The van der Waals surface area contributed by atoms with E-state index < -0.39 is 0 Å². The Bertz CT molecular complexity index is 528. The smallest absolute Gasteiger partial charge is 0.315 e. The highest BCUT2D eigenvalue weighted by Crippen LogP contribution is 2.14. The van der Waals surface area contributed by atoms with E-state index in [1.54, 1.807) is 4.90 Å². The van der Waals surface area contributed by atoms with Crippen LogP contribution in [0.3, 0.4) is 0 Å². The summed E-state index contributed by atoms with van der Waals surface area (Å²) < 4.78 is 0. The molecule has 0 aromatic heterocycles. The number of aryl methyl sites for hydroxylation is 1. The minimum absolute atomic E-state index is 0.0996. The largest absolute Gasteiger partial charge is 0.338 e. The number of nitrogens with zero attached hydrogens (tertiary/aromatic N) is 1. The monoisotopic (exact) mass is 289 g/mol. The molecule has 21 heavy (non-hydrogen) atoms. The van der Waals surface area contributed by atoms with Crippen LogP contribution in [0.25, 0.3) is 0 Å². The zero-order valence-electron chi connectivity index (χ0n) is 12.8. The highest BCUT2D eigenvalue weighted by atomic mass is 16.2.